The summed E-state index contributed by atoms with van der Waals surface area (Å²) in [6.07, 6.45) is 0.709. The van der Waals surface area contributed by atoms with E-state index in [0.29, 0.717) is 6.42 Å². The second-order valence-electron chi connectivity index (χ2n) is 4.75. The summed E-state index contributed by atoms with van der Waals surface area (Å²) in [4.78, 5) is 12.9. The molecule has 0 aromatic heterocycles. The Kier molecular flexibility index (Phi) is 3.93. The molecule has 1 aromatic rings. The lowest BCUT2D eigenvalue weighted by Crippen LogP contribution is -2.46. The minimum Gasteiger partial charge on any atom is -0.351 e. The van der Waals surface area contributed by atoms with Crippen LogP contribution in [0.3, 0.4) is 0 Å². The van der Waals surface area contributed by atoms with Crippen molar-refractivity contribution in [3.05, 3.63) is 42.4 Å². The van der Waals surface area contributed by atoms with Crippen molar-refractivity contribution in [1.82, 2.24) is 4.90 Å². The van der Waals surface area contributed by atoms with Crippen LogP contribution >= 0.6 is 0 Å². The van der Waals surface area contributed by atoms with Gasteiger partial charge in [0.25, 0.3) is 0 Å². The van der Waals surface area contributed by atoms with Crippen molar-refractivity contribution in [2.45, 2.75) is 32.7 Å². The lowest BCUT2D eigenvalue weighted by atomic mass is 10.0. The summed E-state index contributed by atoms with van der Waals surface area (Å²) in [7, 11) is 0. The van der Waals surface area contributed by atoms with Gasteiger partial charge in [0.15, 0.2) is 0 Å². The van der Waals surface area contributed by atoms with E-state index in [0.717, 1.165) is 5.56 Å². The molecule has 87 valence electrons. The molecule has 0 fully saturated rings. The number of carbonyl (C=O) groups is 1. The molecule has 0 saturated carbocycles. The highest BCUT2D eigenvalue weighted by molar-refractivity contribution is 5.73. The van der Waals surface area contributed by atoms with Crippen LogP contribution in [0.2, 0.25) is 0 Å². The molecule has 0 aliphatic carbocycles. The Hall–Kier alpha value is -1.51. The first kappa shape index (κ1) is 12.6. The third kappa shape index (κ3) is 3.57. The molecule has 0 saturated heterocycles. The Morgan fingerprint density at radius 2 is 1.88 bits per heavy atom. The maximum Gasteiger partial charge on any atom is 0.315 e. The van der Waals surface area contributed by atoms with Crippen molar-refractivity contribution >= 4 is 6.03 Å². The van der Waals surface area contributed by atoms with Crippen molar-refractivity contribution in [2.75, 3.05) is 0 Å². The summed E-state index contributed by atoms with van der Waals surface area (Å²) in [5.41, 5.74) is 6.23. The van der Waals surface area contributed by atoms with Crippen molar-refractivity contribution in [2.24, 2.45) is 5.73 Å². The molecule has 2 amide bonds. The molecule has 3 nitrogen and oxygen atoms in total. The van der Waals surface area contributed by atoms with Gasteiger partial charge in [-0.25, -0.2) is 4.79 Å². The van der Waals surface area contributed by atoms with E-state index in [1.165, 1.54) is 0 Å². The molecule has 3 heteroatoms. The van der Waals surface area contributed by atoms with Crippen LogP contribution in [-0.2, 0) is 6.42 Å². The summed E-state index contributed by atoms with van der Waals surface area (Å²) in [5.74, 6) is 0. The summed E-state index contributed by atoms with van der Waals surface area (Å²) in [6, 6.07) is 9.57. The van der Waals surface area contributed by atoms with E-state index >= 15 is 0 Å². The molecular weight excluding hydrogens is 200 g/mol. The maximum atomic E-state index is 11.3. The normalized spacial score (nSPS) is 11.2. The molecule has 0 unspecified atom stereocenters. The zero-order valence-electron chi connectivity index (χ0n) is 10.1. The van der Waals surface area contributed by atoms with E-state index in [1.807, 2.05) is 57.6 Å². The lowest BCUT2D eigenvalue weighted by Gasteiger charge is -2.33. The Bertz CT molecular complexity index is 341. The second-order valence-corrected chi connectivity index (χ2v) is 4.75. The van der Waals surface area contributed by atoms with E-state index in [4.69, 9.17) is 5.73 Å². The second kappa shape index (κ2) is 5.01. The van der Waals surface area contributed by atoms with Crippen molar-refractivity contribution in [3.63, 3.8) is 0 Å². The Labute approximate surface area is 97.2 Å². The molecule has 0 aliphatic heterocycles. The summed E-state index contributed by atoms with van der Waals surface area (Å²) in [6.45, 7) is 7.72. The highest BCUT2D eigenvalue weighted by Gasteiger charge is 2.24. The Balaban J connectivity index is 2.62. The number of primary amides is 1. The SMILES string of the molecule is CC(C)(C)N([CH]Cc1ccccc1)C(N)=O. The lowest BCUT2D eigenvalue weighted by molar-refractivity contribution is 0.174. The number of hydrogen-bond donors (Lipinski definition) is 1. The monoisotopic (exact) mass is 219 g/mol. The smallest absolute Gasteiger partial charge is 0.315 e. The van der Waals surface area contributed by atoms with E-state index in [1.54, 1.807) is 4.90 Å². The van der Waals surface area contributed by atoms with Crippen LogP contribution in [0.5, 0.6) is 0 Å². The summed E-state index contributed by atoms with van der Waals surface area (Å²) in [5, 5.41) is 0. The first-order valence-electron chi connectivity index (χ1n) is 5.37. The number of rotatable bonds is 3. The first-order chi connectivity index (χ1) is 7.41. The quantitative estimate of drug-likeness (QED) is 0.834. The van der Waals surface area contributed by atoms with E-state index < -0.39 is 6.03 Å². The minimum absolute atomic E-state index is 0.277. The standard InChI is InChI=1S/C13H19N2O/c1-13(2,3)15(12(14)16)10-9-11-7-5-4-6-8-11/h4-8,10H,9H2,1-3H3,(H2,14,16). The van der Waals surface area contributed by atoms with Crippen LogP contribution in [0.4, 0.5) is 4.79 Å². The third-order valence-corrected chi connectivity index (χ3v) is 2.31. The topological polar surface area (TPSA) is 46.3 Å². The largest absolute Gasteiger partial charge is 0.351 e. The number of benzene rings is 1. The summed E-state index contributed by atoms with van der Waals surface area (Å²) >= 11 is 0. The molecule has 0 atom stereocenters. The first-order valence-corrected chi connectivity index (χ1v) is 5.37. The van der Waals surface area contributed by atoms with Gasteiger partial charge in [-0.2, -0.15) is 0 Å². The van der Waals surface area contributed by atoms with Crippen LogP contribution in [0.1, 0.15) is 26.3 Å². The van der Waals surface area contributed by atoms with E-state index in [-0.39, 0.29) is 5.54 Å². The van der Waals surface area contributed by atoms with Crippen LogP contribution < -0.4 is 5.73 Å². The van der Waals surface area contributed by atoms with Crippen LogP contribution in [0.15, 0.2) is 30.3 Å². The molecule has 1 rings (SSSR count). The Morgan fingerprint density at radius 3 is 2.31 bits per heavy atom. The predicted molar refractivity (Wildman–Crippen MR) is 65.6 cm³/mol. The van der Waals surface area contributed by atoms with Gasteiger partial charge in [-0.3, -0.25) is 0 Å². The number of urea groups is 1. The maximum absolute atomic E-state index is 11.3. The predicted octanol–water partition coefficient (Wildman–Crippen LogP) is 2.57. The minimum atomic E-state index is -0.413. The van der Waals surface area contributed by atoms with Gasteiger partial charge in [0.2, 0.25) is 0 Å². The number of hydrogen-bond acceptors (Lipinski definition) is 1. The van der Waals surface area contributed by atoms with Crippen LogP contribution in [-0.4, -0.2) is 16.5 Å². The van der Waals surface area contributed by atoms with Crippen molar-refractivity contribution < 1.29 is 4.79 Å². The molecule has 2 N–H and O–H groups in total. The zero-order chi connectivity index (χ0) is 12.2. The van der Waals surface area contributed by atoms with E-state index in [2.05, 4.69) is 0 Å². The molecule has 0 spiro atoms. The van der Waals surface area contributed by atoms with E-state index in [9.17, 15) is 4.79 Å². The van der Waals surface area contributed by atoms with Gasteiger partial charge in [0, 0.05) is 5.54 Å². The fourth-order valence-electron chi connectivity index (χ4n) is 1.51. The van der Waals surface area contributed by atoms with Gasteiger partial charge in [-0.15, -0.1) is 0 Å². The molecule has 0 aliphatic rings. The molecule has 1 radical (unpaired) electrons. The van der Waals surface area contributed by atoms with Crippen molar-refractivity contribution in [1.29, 1.82) is 0 Å². The highest BCUT2D eigenvalue weighted by Crippen LogP contribution is 2.16. The number of nitrogens with two attached hydrogens (primary N) is 1. The fourth-order valence-corrected chi connectivity index (χ4v) is 1.51. The van der Waals surface area contributed by atoms with Crippen LogP contribution in [0, 0.1) is 6.54 Å². The fraction of sp³-hybridized carbons (Fsp3) is 0.385. The highest BCUT2D eigenvalue weighted by atomic mass is 16.2. The van der Waals surface area contributed by atoms with Crippen molar-refractivity contribution in [3.8, 4) is 0 Å². The molecule has 0 bridgehead atoms. The van der Waals surface area contributed by atoms with Gasteiger partial charge in [-0.05, 0) is 32.8 Å². The molecule has 0 heterocycles. The van der Waals surface area contributed by atoms with Gasteiger partial charge in [0.1, 0.15) is 0 Å². The zero-order valence-corrected chi connectivity index (χ0v) is 10.1. The molecular formula is C13H19N2O. The number of carbonyl (C=O) groups excluding carboxylic acids is 1. The van der Waals surface area contributed by atoms with Gasteiger partial charge in [0.05, 0.1) is 6.54 Å². The van der Waals surface area contributed by atoms with Gasteiger partial charge in [-0.1, -0.05) is 30.3 Å². The molecule has 16 heavy (non-hydrogen) atoms. The Morgan fingerprint density at radius 1 is 1.31 bits per heavy atom. The number of amides is 2. The average Bonchev–Trinajstić information content (AvgIpc) is 2.17. The van der Waals surface area contributed by atoms with Gasteiger partial charge >= 0.3 is 6.03 Å². The average molecular weight is 219 g/mol. The molecule has 1 aromatic carbocycles. The third-order valence-electron chi connectivity index (χ3n) is 2.31. The summed E-state index contributed by atoms with van der Waals surface area (Å²) < 4.78 is 0. The van der Waals surface area contributed by atoms with Crippen LogP contribution in [0.25, 0.3) is 0 Å². The number of nitrogens with zero attached hydrogens (tertiary/aromatic N) is 1. The van der Waals surface area contributed by atoms with Gasteiger partial charge < -0.3 is 10.6 Å².